The van der Waals surface area contributed by atoms with Crippen LogP contribution in [0.5, 0.6) is 5.75 Å². The number of hydrogen-bond donors (Lipinski definition) is 0. The Labute approximate surface area is 126 Å². The number of nitrogens with zero attached hydrogens (tertiary/aromatic N) is 2. The third kappa shape index (κ3) is 3.06. The summed E-state index contributed by atoms with van der Waals surface area (Å²) in [6.45, 7) is 0. The molecule has 0 saturated heterocycles. The van der Waals surface area contributed by atoms with Gasteiger partial charge in [-0.15, -0.1) is 0 Å². The van der Waals surface area contributed by atoms with Crippen LogP contribution in [0.1, 0.15) is 0 Å². The normalized spacial score (nSPS) is 10.4. The first-order valence-electron chi connectivity index (χ1n) is 5.42. The van der Waals surface area contributed by atoms with Crippen LogP contribution in [0.3, 0.4) is 0 Å². The van der Waals surface area contributed by atoms with E-state index in [0.29, 0.717) is 15.9 Å². The summed E-state index contributed by atoms with van der Waals surface area (Å²) in [7, 11) is 3.46. The molecule has 0 amide bonds. The van der Waals surface area contributed by atoms with Crippen LogP contribution in [0.2, 0.25) is 15.2 Å². The number of aromatic nitrogens is 1. The molecule has 0 aliphatic heterocycles. The maximum Gasteiger partial charge on any atom is 0.153 e. The zero-order valence-electron chi connectivity index (χ0n) is 10.3. The lowest BCUT2D eigenvalue weighted by atomic mass is 10.2. The van der Waals surface area contributed by atoms with E-state index in [1.807, 2.05) is 36.2 Å². The molecule has 19 heavy (non-hydrogen) atoms. The standard InChI is InChI=1S/C13H11Cl3N2O/c1-18(8-4-3-5-9(6-8)19-2)13-11(15)7-10(14)12(16)17-13/h3-7H,1-2H3. The Morgan fingerprint density at radius 1 is 1.11 bits per heavy atom. The Balaban J connectivity index is 2.43. The van der Waals surface area contributed by atoms with Crippen molar-refractivity contribution < 1.29 is 4.74 Å². The fourth-order valence-corrected chi connectivity index (χ4v) is 2.23. The van der Waals surface area contributed by atoms with Crippen molar-refractivity contribution in [1.29, 1.82) is 0 Å². The molecule has 1 aromatic carbocycles. The quantitative estimate of drug-likeness (QED) is 0.759. The summed E-state index contributed by atoms with van der Waals surface area (Å²) in [5.41, 5.74) is 0.882. The lowest BCUT2D eigenvalue weighted by Crippen LogP contribution is -2.12. The molecular weight excluding hydrogens is 307 g/mol. The Kier molecular flexibility index (Phi) is 4.40. The second-order valence-corrected chi connectivity index (χ2v) is 5.00. The van der Waals surface area contributed by atoms with Gasteiger partial charge < -0.3 is 9.64 Å². The molecule has 2 rings (SSSR count). The first-order chi connectivity index (χ1) is 9.02. The molecule has 0 atom stereocenters. The number of anilines is 2. The lowest BCUT2D eigenvalue weighted by molar-refractivity contribution is 0.415. The number of benzene rings is 1. The van der Waals surface area contributed by atoms with Crippen molar-refractivity contribution in [2.24, 2.45) is 0 Å². The SMILES string of the molecule is COc1cccc(N(C)c2nc(Cl)c(Cl)cc2Cl)c1. The van der Waals surface area contributed by atoms with Gasteiger partial charge in [0.2, 0.25) is 0 Å². The van der Waals surface area contributed by atoms with Gasteiger partial charge >= 0.3 is 0 Å². The molecule has 0 spiro atoms. The predicted octanol–water partition coefficient (Wildman–Crippen LogP) is 4.82. The second kappa shape index (κ2) is 5.87. The number of rotatable bonds is 3. The summed E-state index contributed by atoms with van der Waals surface area (Å²) < 4.78 is 5.19. The van der Waals surface area contributed by atoms with Crippen molar-refractivity contribution in [3.05, 3.63) is 45.5 Å². The number of methoxy groups -OCH3 is 1. The molecule has 0 saturated carbocycles. The van der Waals surface area contributed by atoms with Gasteiger partial charge in [-0.05, 0) is 18.2 Å². The number of hydrogen-bond acceptors (Lipinski definition) is 3. The second-order valence-electron chi connectivity index (χ2n) is 3.83. The van der Waals surface area contributed by atoms with Gasteiger partial charge in [-0.2, -0.15) is 0 Å². The summed E-state index contributed by atoms with van der Waals surface area (Å²) in [6.07, 6.45) is 0. The highest BCUT2D eigenvalue weighted by Crippen LogP contribution is 2.34. The van der Waals surface area contributed by atoms with Crippen LogP contribution in [-0.4, -0.2) is 19.1 Å². The summed E-state index contributed by atoms with van der Waals surface area (Å²) in [5, 5.41) is 0.977. The number of ether oxygens (including phenoxy) is 1. The van der Waals surface area contributed by atoms with Crippen molar-refractivity contribution in [2.75, 3.05) is 19.1 Å². The molecule has 1 aromatic heterocycles. The molecule has 100 valence electrons. The minimum Gasteiger partial charge on any atom is -0.497 e. The van der Waals surface area contributed by atoms with Crippen LogP contribution in [-0.2, 0) is 0 Å². The average molecular weight is 318 g/mol. The highest BCUT2D eigenvalue weighted by Gasteiger charge is 2.13. The van der Waals surface area contributed by atoms with E-state index in [1.165, 1.54) is 0 Å². The minimum atomic E-state index is 0.218. The van der Waals surface area contributed by atoms with E-state index >= 15 is 0 Å². The molecular formula is C13H11Cl3N2O. The molecule has 6 heteroatoms. The summed E-state index contributed by atoms with van der Waals surface area (Å²) >= 11 is 17.9. The van der Waals surface area contributed by atoms with Crippen LogP contribution < -0.4 is 9.64 Å². The molecule has 0 unspecified atom stereocenters. The topological polar surface area (TPSA) is 25.4 Å². The van der Waals surface area contributed by atoms with Gasteiger partial charge in [-0.1, -0.05) is 40.9 Å². The van der Waals surface area contributed by atoms with Crippen LogP contribution in [0.4, 0.5) is 11.5 Å². The first kappa shape index (κ1) is 14.3. The van der Waals surface area contributed by atoms with Gasteiger partial charge in [0.25, 0.3) is 0 Å². The Hall–Kier alpha value is -1.16. The third-order valence-corrected chi connectivity index (χ3v) is 3.58. The molecule has 0 aliphatic rings. The lowest BCUT2D eigenvalue weighted by Gasteiger charge is -2.20. The van der Waals surface area contributed by atoms with Crippen molar-refractivity contribution in [2.45, 2.75) is 0 Å². The highest BCUT2D eigenvalue weighted by atomic mass is 35.5. The Morgan fingerprint density at radius 3 is 2.53 bits per heavy atom. The van der Waals surface area contributed by atoms with Gasteiger partial charge in [0.1, 0.15) is 10.9 Å². The summed E-state index contributed by atoms with van der Waals surface area (Å²) in [6, 6.07) is 9.12. The maximum atomic E-state index is 6.14. The summed E-state index contributed by atoms with van der Waals surface area (Å²) in [5.74, 6) is 1.28. The Morgan fingerprint density at radius 2 is 1.84 bits per heavy atom. The smallest absolute Gasteiger partial charge is 0.153 e. The zero-order chi connectivity index (χ0) is 14.0. The fourth-order valence-electron chi connectivity index (χ4n) is 1.61. The van der Waals surface area contributed by atoms with E-state index in [1.54, 1.807) is 13.2 Å². The van der Waals surface area contributed by atoms with E-state index in [2.05, 4.69) is 4.98 Å². The first-order valence-corrected chi connectivity index (χ1v) is 6.55. The molecule has 3 nitrogen and oxygen atoms in total. The van der Waals surface area contributed by atoms with E-state index in [-0.39, 0.29) is 5.15 Å². The summed E-state index contributed by atoms with van der Waals surface area (Å²) in [4.78, 5) is 6.00. The monoisotopic (exact) mass is 316 g/mol. The number of halogens is 3. The fraction of sp³-hybridized carbons (Fsp3) is 0.154. The van der Waals surface area contributed by atoms with Crippen LogP contribution in [0.25, 0.3) is 0 Å². The van der Waals surface area contributed by atoms with Gasteiger partial charge in [0.15, 0.2) is 5.82 Å². The molecule has 0 bridgehead atoms. The van der Waals surface area contributed by atoms with Gasteiger partial charge in [0, 0.05) is 18.8 Å². The minimum absolute atomic E-state index is 0.218. The largest absolute Gasteiger partial charge is 0.497 e. The molecule has 0 aliphatic carbocycles. The number of pyridine rings is 1. The van der Waals surface area contributed by atoms with E-state index in [9.17, 15) is 0 Å². The predicted molar refractivity (Wildman–Crippen MR) is 80.3 cm³/mol. The van der Waals surface area contributed by atoms with Crippen LogP contribution in [0, 0.1) is 0 Å². The molecule has 1 heterocycles. The Bertz CT molecular complexity index is 604. The van der Waals surface area contributed by atoms with Crippen molar-refractivity contribution in [3.63, 3.8) is 0 Å². The van der Waals surface area contributed by atoms with Crippen LogP contribution in [0.15, 0.2) is 30.3 Å². The third-order valence-electron chi connectivity index (χ3n) is 2.63. The molecule has 0 radical (unpaired) electrons. The average Bonchev–Trinajstić information content (AvgIpc) is 2.42. The maximum absolute atomic E-state index is 6.14. The molecule has 0 fully saturated rings. The van der Waals surface area contributed by atoms with E-state index in [4.69, 9.17) is 39.5 Å². The zero-order valence-corrected chi connectivity index (χ0v) is 12.6. The van der Waals surface area contributed by atoms with Crippen LogP contribution >= 0.6 is 34.8 Å². The molecule has 0 N–H and O–H groups in total. The van der Waals surface area contributed by atoms with Crippen molar-refractivity contribution in [1.82, 2.24) is 4.98 Å². The van der Waals surface area contributed by atoms with Crippen molar-refractivity contribution in [3.8, 4) is 5.75 Å². The molecule has 2 aromatic rings. The van der Waals surface area contributed by atoms with E-state index in [0.717, 1.165) is 11.4 Å². The van der Waals surface area contributed by atoms with Crippen molar-refractivity contribution >= 4 is 46.3 Å². The van der Waals surface area contributed by atoms with Gasteiger partial charge in [-0.3, -0.25) is 0 Å². The van der Waals surface area contributed by atoms with Gasteiger partial charge in [-0.25, -0.2) is 4.98 Å². The van der Waals surface area contributed by atoms with Gasteiger partial charge in [0.05, 0.1) is 17.2 Å². The highest BCUT2D eigenvalue weighted by molar-refractivity contribution is 6.43. The van der Waals surface area contributed by atoms with E-state index < -0.39 is 0 Å².